The topological polar surface area (TPSA) is 35.2 Å². The fourth-order valence-electron chi connectivity index (χ4n) is 2.41. The molecule has 0 spiro atoms. The number of hydrogen-bond acceptors (Lipinski definition) is 2. The lowest BCUT2D eigenvalue weighted by atomic mass is 9.97. The second kappa shape index (κ2) is 6.39. The average molecular weight is 254 g/mol. The fourth-order valence-corrected chi connectivity index (χ4v) is 2.61. The standard InChI is InChI=1S/C14H20ClNO/c15-12-6-4-5-11(9-12)14(10-16)17-13-7-2-1-3-8-13/h4-6,9,13-14H,1-3,7-8,10,16H2. The SMILES string of the molecule is NCC(OC1CCCCC1)c1cccc(Cl)c1. The van der Waals surface area contributed by atoms with Crippen LogP contribution in [-0.4, -0.2) is 12.6 Å². The molecule has 2 nitrogen and oxygen atoms in total. The number of rotatable bonds is 4. The first kappa shape index (κ1) is 12.9. The first-order valence-electron chi connectivity index (χ1n) is 6.40. The van der Waals surface area contributed by atoms with Crippen molar-refractivity contribution in [3.63, 3.8) is 0 Å². The molecule has 1 atom stereocenters. The van der Waals surface area contributed by atoms with Crippen molar-refractivity contribution in [2.45, 2.75) is 44.3 Å². The first-order valence-corrected chi connectivity index (χ1v) is 6.78. The van der Waals surface area contributed by atoms with Gasteiger partial charge >= 0.3 is 0 Å². The van der Waals surface area contributed by atoms with E-state index in [-0.39, 0.29) is 6.10 Å². The summed E-state index contributed by atoms with van der Waals surface area (Å²) in [6.45, 7) is 0.511. The number of nitrogens with two attached hydrogens (primary N) is 1. The van der Waals surface area contributed by atoms with E-state index < -0.39 is 0 Å². The summed E-state index contributed by atoms with van der Waals surface area (Å²) < 4.78 is 6.10. The van der Waals surface area contributed by atoms with Crippen LogP contribution in [0.3, 0.4) is 0 Å². The summed E-state index contributed by atoms with van der Waals surface area (Å²) in [7, 11) is 0. The van der Waals surface area contributed by atoms with Gasteiger partial charge in [0, 0.05) is 11.6 Å². The van der Waals surface area contributed by atoms with Gasteiger partial charge in [-0.05, 0) is 30.5 Å². The number of hydrogen-bond donors (Lipinski definition) is 1. The van der Waals surface area contributed by atoms with Crippen LogP contribution in [0.2, 0.25) is 5.02 Å². The van der Waals surface area contributed by atoms with Gasteiger partial charge in [-0.3, -0.25) is 0 Å². The van der Waals surface area contributed by atoms with Crippen LogP contribution < -0.4 is 5.73 Å². The van der Waals surface area contributed by atoms with E-state index in [1.807, 2.05) is 24.3 Å². The fraction of sp³-hybridized carbons (Fsp3) is 0.571. The van der Waals surface area contributed by atoms with E-state index >= 15 is 0 Å². The van der Waals surface area contributed by atoms with Gasteiger partial charge in [0.15, 0.2) is 0 Å². The van der Waals surface area contributed by atoms with Crippen LogP contribution in [0.25, 0.3) is 0 Å². The van der Waals surface area contributed by atoms with Crippen LogP contribution in [-0.2, 0) is 4.74 Å². The Balaban J connectivity index is 2.00. The molecule has 1 aliphatic rings. The lowest BCUT2D eigenvalue weighted by Crippen LogP contribution is -2.24. The van der Waals surface area contributed by atoms with Gasteiger partial charge in [0.1, 0.15) is 0 Å². The second-order valence-electron chi connectivity index (χ2n) is 4.68. The Morgan fingerprint density at radius 2 is 2.06 bits per heavy atom. The van der Waals surface area contributed by atoms with Crippen molar-refractivity contribution in [2.75, 3.05) is 6.54 Å². The monoisotopic (exact) mass is 253 g/mol. The molecule has 94 valence electrons. The molecule has 1 aliphatic carbocycles. The van der Waals surface area contributed by atoms with Crippen LogP contribution in [0.1, 0.15) is 43.8 Å². The summed E-state index contributed by atoms with van der Waals surface area (Å²) in [6, 6.07) is 7.80. The summed E-state index contributed by atoms with van der Waals surface area (Å²) in [5.41, 5.74) is 6.89. The van der Waals surface area contributed by atoms with Crippen molar-refractivity contribution in [2.24, 2.45) is 5.73 Å². The Morgan fingerprint density at radius 1 is 1.29 bits per heavy atom. The highest BCUT2D eigenvalue weighted by atomic mass is 35.5. The third-order valence-electron chi connectivity index (χ3n) is 3.34. The molecule has 2 rings (SSSR count). The van der Waals surface area contributed by atoms with Gasteiger partial charge in [0.2, 0.25) is 0 Å². The summed E-state index contributed by atoms with van der Waals surface area (Å²) in [5, 5.41) is 0.744. The smallest absolute Gasteiger partial charge is 0.0951 e. The zero-order chi connectivity index (χ0) is 12.1. The zero-order valence-corrected chi connectivity index (χ0v) is 10.8. The van der Waals surface area contributed by atoms with Crippen molar-refractivity contribution < 1.29 is 4.74 Å². The molecule has 0 radical (unpaired) electrons. The van der Waals surface area contributed by atoms with Crippen LogP contribution in [0.5, 0.6) is 0 Å². The molecule has 1 unspecified atom stereocenters. The average Bonchev–Trinajstić information content (AvgIpc) is 2.37. The molecule has 17 heavy (non-hydrogen) atoms. The second-order valence-corrected chi connectivity index (χ2v) is 5.11. The quantitative estimate of drug-likeness (QED) is 0.888. The molecule has 0 bridgehead atoms. The van der Waals surface area contributed by atoms with Crippen LogP contribution in [0.15, 0.2) is 24.3 Å². The normalized spacial score (nSPS) is 19.2. The van der Waals surface area contributed by atoms with E-state index in [1.165, 1.54) is 19.3 Å². The summed E-state index contributed by atoms with van der Waals surface area (Å²) >= 11 is 5.99. The van der Waals surface area contributed by atoms with E-state index in [0.717, 1.165) is 23.4 Å². The third kappa shape index (κ3) is 3.70. The van der Waals surface area contributed by atoms with Gasteiger partial charge in [-0.25, -0.2) is 0 Å². The first-order chi connectivity index (χ1) is 8.29. The molecule has 1 saturated carbocycles. The highest BCUT2D eigenvalue weighted by molar-refractivity contribution is 6.30. The maximum absolute atomic E-state index is 6.10. The summed E-state index contributed by atoms with van der Waals surface area (Å²) in [5.74, 6) is 0. The van der Waals surface area contributed by atoms with Crippen molar-refractivity contribution in [3.8, 4) is 0 Å². The maximum Gasteiger partial charge on any atom is 0.0951 e. The van der Waals surface area contributed by atoms with Gasteiger partial charge in [0.05, 0.1) is 12.2 Å². The van der Waals surface area contributed by atoms with Crippen LogP contribution in [0, 0.1) is 0 Å². The Bertz CT molecular complexity index is 350. The van der Waals surface area contributed by atoms with Gasteiger partial charge in [-0.15, -0.1) is 0 Å². The van der Waals surface area contributed by atoms with Gasteiger partial charge in [-0.1, -0.05) is 43.0 Å². The van der Waals surface area contributed by atoms with E-state index in [4.69, 9.17) is 22.1 Å². The van der Waals surface area contributed by atoms with Crippen LogP contribution >= 0.6 is 11.6 Å². The largest absolute Gasteiger partial charge is 0.369 e. The van der Waals surface area contributed by atoms with Crippen LogP contribution in [0.4, 0.5) is 0 Å². The van der Waals surface area contributed by atoms with Gasteiger partial charge in [-0.2, -0.15) is 0 Å². The molecular weight excluding hydrogens is 234 g/mol. The molecule has 0 aromatic heterocycles. The number of ether oxygens (including phenoxy) is 1. The molecule has 1 aromatic carbocycles. The zero-order valence-electron chi connectivity index (χ0n) is 10.1. The number of benzene rings is 1. The molecule has 1 fully saturated rings. The predicted octanol–water partition coefficient (Wildman–Crippen LogP) is 3.69. The van der Waals surface area contributed by atoms with Crippen molar-refractivity contribution in [1.82, 2.24) is 0 Å². The van der Waals surface area contributed by atoms with Crippen molar-refractivity contribution >= 4 is 11.6 Å². The van der Waals surface area contributed by atoms with E-state index in [2.05, 4.69) is 0 Å². The molecule has 1 aromatic rings. The number of halogens is 1. The Morgan fingerprint density at radius 3 is 2.71 bits per heavy atom. The minimum atomic E-state index is -0.0169. The summed E-state index contributed by atoms with van der Waals surface area (Å²) in [6.07, 6.45) is 6.57. The van der Waals surface area contributed by atoms with E-state index in [0.29, 0.717) is 12.6 Å². The lowest BCUT2D eigenvalue weighted by molar-refractivity contribution is -0.0268. The predicted molar refractivity (Wildman–Crippen MR) is 71.2 cm³/mol. The molecule has 3 heteroatoms. The lowest BCUT2D eigenvalue weighted by Gasteiger charge is -2.27. The van der Waals surface area contributed by atoms with Gasteiger partial charge < -0.3 is 10.5 Å². The molecule has 0 aliphatic heterocycles. The highest BCUT2D eigenvalue weighted by Crippen LogP contribution is 2.27. The maximum atomic E-state index is 6.10. The van der Waals surface area contributed by atoms with Gasteiger partial charge in [0.25, 0.3) is 0 Å². The molecular formula is C14H20ClNO. The summed E-state index contributed by atoms with van der Waals surface area (Å²) in [4.78, 5) is 0. The van der Waals surface area contributed by atoms with Crippen molar-refractivity contribution in [3.05, 3.63) is 34.9 Å². The third-order valence-corrected chi connectivity index (χ3v) is 3.58. The molecule has 2 N–H and O–H groups in total. The highest BCUT2D eigenvalue weighted by Gasteiger charge is 2.19. The molecule has 0 heterocycles. The minimum absolute atomic E-state index is 0.0169. The molecule has 0 amide bonds. The Labute approximate surface area is 108 Å². The molecule has 0 saturated heterocycles. The van der Waals surface area contributed by atoms with Crippen molar-refractivity contribution in [1.29, 1.82) is 0 Å². The minimum Gasteiger partial charge on any atom is -0.369 e. The Hall–Kier alpha value is -0.570. The Kier molecular flexibility index (Phi) is 4.84. The van der Waals surface area contributed by atoms with E-state index in [9.17, 15) is 0 Å². The van der Waals surface area contributed by atoms with E-state index in [1.54, 1.807) is 0 Å².